The molecule has 4 aromatic rings. The Kier molecular flexibility index (Phi) is 5.51. The van der Waals surface area contributed by atoms with Crippen LogP contribution in [0.1, 0.15) is 12.6 Å². The highest BCUT2D eigenvalue weighted by atomic mass is 32.2. The lowest BCUT2D eigenvalue weighted by Crippen LogP contribution is -2.53. The minimum Gasteiger partial charge on any atom is -0.368 e. The van der Waals surface area contributed by atoms with Crippen LogP contribution in [0.4, 0.5) is 16.6 Å². The average Bonchev–Trinajstić information content (AvgIpc) is 3.37. The molecule has 0 radical (unpaired) electrons. The fourth-order valence-electron chi connectivity index (χ4n) is 4.09. The summed E-state index contributed by atoms with van der Waals surface area (Å²) in [5.41, 5.74) is 4.60. The van der Waals surface area contributed by atoms with Gasteiger partial charge in [-0.3, -0.25) is 5.10 Å². The second-order valence-electron chi connectivity index (χ2n) is 8.14. The normalized spacial score (nSPS) is 17.5. The molecule has 0 aromatic carbocycles. The molecule has 0 spiro atoms. The molecule has 5 heterocycles. The number of thiazole rings is 1. The molecule has 1 aliphatic heterocycles. The quantitative estimate of drug-likeness (QED) is 0.444. The van der Waals surface area contributed by atoms with Gasteiger partial charge in [0.15, 0.2) is 5.13 Å². The number of aromatic amines is 1. The highest BCUT2D eigenvalue weighted by Gasteiger charge is 2.30. The predicted octanol–water partition coefficient (Wildman–Crippen LogP) is 3.00. The molecule has 4 aromatic heterocycles. The molecule has 2 N–H and O–H groups in total. The number of pyridine rings is 2. The van der Waals surface area contributed by atoms with E-state index < -0.39 is 10.0 Å². The smallest absolute Gasteiger partial charge is 0.211 e. The van der Waals surface area contributed by atoms with Crippen LogP contribution in [0.15, 0.2) is 36.7 Å². The van der Waals surface area contributed by atoms with E-state index in [1.54, 1.807) is 16.7 Å². The summed E-state index contributed by atoms with van der Waals surface area (Å²) >= 11 is 1.46. The SMILES string of the molecule is Cc1[nH]ncc1-c1ccc2nc(Nc3cc(N4CCN(S(C)(=O)=O)C(C)C4)ccn3)sc2n1. The molecule has 1 fully saturated rings. The van der Waals surface area contributed by atoms with Crippen molar-refractivity contribution in [1.82, 2.24) is 29.5 Å². The van der Waals surface area contributed by atoms with Crippen molar-refractivity contribution in [3.05, 3.63) is 42.4 Å². The molecule has 0 bridgehead atoms. The maximum absolute atomic E-state index is 11.9. The van der Waals surface area contributed by atoms with Gasteiger partial charge in [0.2, 0.25) is 10.0 Å². The fourth-order valence-corrected chi connectivity index (χ4v) is 6.07. The van der Waals surface area contributed by atoms with Crippen molar-refractivity contribution >= 4 is 48.3 Å². The molecule has 0 amide bonds. The summed E-state index contributed by atoms with van der Waals surface area (Å²) < 4.78 is 25.4. The number of anilines is 3. The largest absolute Gasteiger partial charge is 0.368 e. The first-order chi connectivity index (χ1) is 15.8. The first-order valence-electron chi connectivity index (χ1n) is 10.5. The van der Waals surface area contributed by atoms with Gasteiger partial charge in [0, 0.05) is 54.9 Å². The van der Waals surface area contributed by atoms with Crippen LogP contribution in [-0.2, 0) is 10.0 Å². The van der Waals surface area contributed by atoms with Gasteiger partial charge in [-0.2, -0.15) is 9.40 Å². The Balaban J connectivity index is 1.34. The molecule has 33 heavy (non-hydrogen) atoms. The average molecular weight is 485 g/mol. The molecule has 1 atom stereocenters. The van der Waals surface area contributed by atoms with Crippen LogP contribution in [0.3, 0.4) is 0 Å². The van der Waals surface area contributed by atoms with Crippen LogP contribution in [0, 0.1) is 6.92 Å². The molecule has 1 saturated heterocycles. The topological polar surface area (TPSA) is 120 Å². The Bertz CT molecular complexity index is 1410. The van der Waals surface area contributed by atoms with Crippen LogP contribution >= 0.6 is 11.3 Å². The lowest BCUT2D eigenvalue weighted by molar-refractivity contribution is 0.309. The number of hydrogen-bond donors (Lipinski definition) is 2. The van der Waals surface area contributed by atoms with Gasteiger partial charge in [0.05, 0.1) is 18.1 Å². The molecule has 1 aliphatic rings. The van der Waals surface area contributed by atoms with E-state index in [1.165, 1.54) is 17.6 Å². The molecule has 0 aliphatic carbocycles. The Hall–Kier alpha value is -3.09. The summed E-state index contributed by atoms with van der Waals surface area (Å²) in [5, 5.41) is 11.0. The number of nitrogens with one attached hydrogen (secondary N) is 2. The summed E-state index contributed by atoms with van der Waals surface area (Å²) in [6.07, 6.45) is 4.78. The number of fused-ring (bicyclic) bond motifs is 1. The zero-order chi connectivity index (χ0) is 23.2. The van der Waals surface area contributed by atoms with Crippen LogP contribution in [0.2, 0.25) is 0 Å². The molecular formula is C21H24N8O2S2. The number of piperazine rings is 1. The maximum atomic E-state index is 11.9. The van der Waals surface area contributed by atoms with Crippen molar-refractivity contribution in [2.75, 3.05) is 36.1 Å². The van der Waals surface area contributed by atoms with Gasteiger partial charge in [0.1, 0.15) is 16.2 Å². The third kappa shape index (κ3) is 4.41. The minimum absolute atomic E-state index is 0.0956. The number of aromatic nitrogens is 5. The van der Waals surface area contributed by atoms with Crippen LogP contribution in [-0.4, -0.2) is 69.8 Å². The number of rotatable bonds is 5. The van der Waals surface area contributed by atoms with E-state index in [4.69, 9.17) is 4.98 Å². The van der Waals surface area contributed by atoms with Crippen molar-refractivity contribution in [1.29, 1.82) is 0 Å². The van der Waals surface area contributed by atoms with Gasteiger partial charge in [-0.05, 0) is 32.0 Å². The van der Waals surface area contributed by atoms with E-state index in [2.05, 4.69) is 30.4 Å². The van der Waals surface area contributed by atoms with Gasteiger partial charge in [0.25, 0.3) is 0 Å². The minimum atomic E-state index is -3.20. The summed E-state index contributed by atoms with van der Waals surface area (Å²) in [4.78, 5) is 16.8. The van der Waals surface area contributed by atoms with Crippen LogP contribution in [0.25, 0.3) is 21.6 Å². The lowest BCUT2D eigenvalue weighted by Gasteiger charge is -2.39. The number of hydrogen-bond acceptors (Lipinski definition) is 9. The number of sulfonamides is 1. The van der Waals surface area contributed by atoms with Crippen LogP contribution < -0.4 is 10.2 Å². The molecule has 0 saturated carbocycles. The summed E-state index contributed by atoms with van der Waals surface area (Å²) in [5.74, 6) is 0.677. The van der Waals surface area contributed by atoms with Gasteiger partial charge in [-0.25, -0.2) is 23.4 Å². The van der Waals surface area contributed by atoms with E-state index in [9.17, 15) is 8.42 Å². The van der Waals surface area contributed by atoms with Crippen molar-refractivity contribution in [3.8, 4) is 11.3 Å². The fraction of sp³-hybridized carbons (Fsp3) is 0.333. The van der Waals surface area contributed by atoms with E-state index in [1.807, 2.05) is 38.1 Å². The molecule has 5 rings (SSSR count). The third-order valence-corrected chi connectivity index (χ3v) is 7.97. The van der Waals surface area contributed by atoms with Gasteiger partial charge in [-0.1, -0.05) is 11.3 Å². The maximum Gasteiger partial charge on any atom is 0.211 e. The van der Waals surface area contributed by atoms with Crippen molar-refractivity contribution in [3.63, 3.8) is 0 Å². The lowest BCUT2D eigenvalue weighted by atomic mass is 10.2. The molecular weight excluding hydrogens is 460 g/mol. The van der Waals surface area contributed by atoms with Crippen molar-refractivity contribution < 1.29 is 8.42 Å². The summed E-state index contributed by atoms with van der Waals surface area (Å²) in [6.45, 7) is 5.61. The van der Waals surface area contributed by atoms with Crippen molar-refractivity contribution in [2.24, 2.45) is 0 Å². The van der Waals surface area contributed by atoms with Crippen LogP contribution in [0.5, 0.6) is 0 Å². The first-order valence-corrected chi connectivity index (χ1v) is 13.2. The number of aryl methyl sites for hydroxylation is 1. The second-order valence-corrected chi connectivity index (χ2v) is 11.1. The Morgan fingerprint density at radius 2 is 2.06 bits per heavy atom. The van der Waals surface area contributed by atoms with Gasteiger partial charge in [-0.15, -0.1) is 0 Å². The van der Waals surface area contributed by atoms with E-state index >= 15 is 0 Å². The van der Waals surface area contributed by atoms with Crippen molar-refractivity contribution in [2.45, 2.75) is 19.9 Å². The summed E-state index contributed by atoms with van der Waals surface area (Å²) in [6, 6.07) is 7.70. The highest BCUT2D eigenvalue weighted by Crippen LogP contribution is 2.30. The molecule has 10 nitrogen and oxygen atoms in total. The third-order valence-electron chi connectivity index (χ3n) is 5.70. The zero-order valence-corrected chi connectivity index (χ0v) is 20.1. The standard InChI is InChI=1S/C21H24N8O2S2/c1-13-12-28(8-9-29(13)33(3,30)31)15-6-7-22-19(10-15)26-21-25-18-5-4-17(24-20(18)32-21)16-11-23-27-14(16)2/h4-7,10-11,13H,8-9,12H2,1-3H3,(H,23,27)(H,22,25,26). The first kappa shape index (κ1) is 21.7. The summed E-state index contributed by atoms with van der Waals surface area (Å²) in [7, 11) is -3.20. The Morgan fingerprint density at radius 1 is 1.21 bits per heavy atom. The van der Waals surface area contributed by atoms with E-state index in [0.29, 0.717) is 30.6 Å². The van der Waals surface area contributed by atoms with Gasteiger partial charge < -0.3 is 10.2 Å². The highest BCUT2D eigenvalue weighted by molar-refractivity contribution is 7.88. The molecule has 12 heteroatoms. The Labute approximate surface area is 195 Å². The zero-order valence-electron chi connectivity index (χ0n) is 18.5. The second kappa shape index (κ2) is 8.36. The predicted molar refractivity (Wildman–Crippen MR) is 130 cm³/mol. The van der Waals surface area contributed by atoms with E-state index in [-0.39, 0.29) is 6.04 Å². The number of H-pyrrole nitrogens is 1. The van der Waals surface area contributed by atoms with E-state index in [0.717, 1.165) is 33.0 Å². The monoisotopic (exact) mass is 484 g/mol. The van der Waals surface area contributed by atoms with Gasteiger partial charge >= 0.3 is 0 Å². The molecule has 172 valence electrons. The Morgan fingerprint density at radius 3 is 2.79 bits per heavy atom. The number of nitrogens with zero attached hydrogens (tertiary/aromatic N) is 6. The molecule has 1 unspecified atom stereocenters.